The molecule has 0 saturated carbocycles. The first kappa shape index (κ1) is 12.2. The number of carbonyl (C=O) groups excluding carboxylic acids is 1. The van der Waals surface area contributed by atoms with E-state index in [1.807, 2.05) is 0 Å². The Morgan fingerprint density at radius 3 is 2.83 bits per heavy atom. The Morgan fingerprint density at radius 1 is 1.44 bits per heavy atom. The number of hydrogen-bond donors (Lipinski definition) is 1. The first-order valence-electron chi connectivity index (χ1n) is 5.07. The van der Waals surface area contributed by atoms with Gasteiger partial charge in [-0.05, 0) is 24.3 Å². The van der Waals surface area contributed by atoms with E-state index in [9.17, 15) is 9.18 Å². The Labute approximate surface area is 107 Å². The summed E-state index contributed by atoms with van der Waals surface area (Å²) in [4.78, 5) is 15.4. The van der Waals surface area contributed by atoms with Crippen molar-refractivity contribution in [3.63, 3.8) is 0 Å². The van der Waals surface area contributed by atoms with Gasteiger partial charge in [0.2, 0.25) is 5.91 Å². The Morgan fingerprint density at radius 2 is 2.17 bits per heavy atom. The monoisotopic (exact) mass is 261 g/mol. The van der Waals surface area contributed by atoms with E-state index in [0.29, 0.717) is 10.8 Å². The summed E-state index contributed by atoms with van der Waals surface area (Å²) in [6.45, 7) is 0. The number of nitrogens with zero attached hydrogens (tertiary/aromatic N) is 2. The normalized spacial score (nSPS) is 9.78. The van der Waals surface area contributed by atoms with Crippen molar-refractivity contribution in [3.05, 3.63) is 35.5 Å². The van der Waals surface area contributed by atoms with Gasteiger partial charge in [0.05, 0.1) is 11.8 Å². The van der Waals surface area contributed by atoms with Crippen molar-refractivity contribution in [2.24, 2.45) is 0 Å². The third kappa shape index (κ3) is 2.90. The second kappa shape index (κ2) is 5.38. The summed E-state index contributed by atoms with van der Waals surface area (Å²) in [7, 11) is 0. The molecule has 0 fully saturated rings. The van der Waals surface area contributed by atoms with E-state index in [4.69, 9.17) is 5.26 Å². The third-order valence-electron chi connectivity index (χ3n) is 2.13. The number of carbonyl (C=O) groups is 1. The molecule has 2 rings (SSSR count). The summed E-state index contributed by atoms with van der Waals surface area (Å²) in [6.07, 6.45) is -0.203. The number of nitrogens with one attached hydrogen (secondary N) is 1. The van der Waals surface area contributed by atoms with Gasteiger partial charge in [0.25, 0.3) is 0 Å². The first-order valence-corrected chi connectivity index (χ1v) is 5.95. The Balaban J connectivity index is 2.13. The molecule has 0 atom stereocenters. The second-order valence-corrected chi connectivity index (χ2v) is 4.29. The number of benzene rings is 1. The van der Waals surface area contributed by atoms with E-state index in [1.54, 1.807) is 23.6 Å². The van der Waals surface area contributed by atoms with Gasteiger partial charge in [-0.2, -0.15) is 5.26 Å². The van der Waals surface area contributed by atoms with Gasteiger partial charge in [-0.15, -0.1) is 11.3 Å². The maximum Gasteiger partial charge on any atom is 0.240 e. The van der Waals surface area contributed by atoms with Crippen LogP contribution in [0.1, 0.15) is 6.42 Å². The zero-order valence-corrected chi connectivity index (χ0v) is 10.00. The van der Waals surface area contributed by atoms with Crippen LogP contribution in [0, 0.1) is 17.1 Å². The predicted octanol–water partition coefficient (Wildman–Crippen LogP) is 2.80. The topological polar surface area (TPSA) is 65.8 Å². The molecule has 1 aromatic heterocycles. The zero-order chi connectivity index (χ0) is 13.0. The van der Waals surface area contributed by atoms with E-state index in [1.165, 1.54) is 23.5 Å². The average Bonchev–Trinajstić information content (AvgIpc) is 2.78. The smallest absolute Gasteiger partial charge is 0.240 e. The number of halogens is 1. The van der Waals surface area contributed by atoms with Gasteiger partial charge < -0.3 is 5.32 Å². The number of thiazole rings is 1. The Bertz CT molecular complexity index is 601. The van der Waals surface area contributed by atoms with Crippen LogP contribution in [0.5, 0.6) is 0 Å². The van der Waals surface area contributed by atoms with Gasteiger partial charge in [0, 0.05) is 10.9 Å². The maximum absolute atomic E-state index is 12.8. The van der Waals surface area contributed by atoms with E-state index >= 15 is 0 Å². The van der Waals surface area contributed by atoms with Crippen molar-refractivity contribution >= 4 is 22.4 Å². The molecule has 0 spiro atoms. The molecule has 0 unspecified atom stereocenters. The average molecular weight is 261 g/mol. The molecule has 6 heteroatoms. The number of hydrogen-bond acceptors (Lipinski definition) is 4. The Hall–Kier alpha value is -2.26. The van der Waals surface area contributed by atoms with E-state index in [0.717, 1.165) is 5.56 Å². The zero-order valence-electron chi connectivity index (χ0n) is 9.18. The summed E-state index contributed by atoms with van der Waals surface area (Å²) < 4.78 is 12.8. The minimum absolute atomic E-state index is 0.203. The highest BCUT2D eigenvalue weighted by Crippen LogP contribution is 2.24. The fourth-order valence-electron chi connectivity index (χ4n) is 1.32. The summed E-state index contributed by atoms with van der Waals surface area (Å²) >= 11 is 1.26. The predicted molar refractivity (Wildman–Crippen MR) is 66.4 cm³/mol. The molecule has 1 amide bonds. The number of nitriles is 1. The quantitative estimate of drug-likeness (QED) is 0.923. The fourth-order valence-corrected chi connectivity index (χ4v) is 2.06. The minimum Gasteiger partial charge on any atom is -0.301 e. The van der Waals surface area contributed by atoms with Crippen molar-refractivity contribution in [3.8, 4) is 17.3 Å². The van der Waals surface area contributed by atoms with Crippen LogP contribution >= 0.6 is 11.3 Å². The second-order valence-electron chi connectivity index (χ2n) is 3.43. The molecule has 0 saturated heterocycles. The molecular formula is C12H8FN3OS. The first-order chi connectivity index (χ1) is 8.69. The lowest BCUT2D eigenvalue weighted by molar-refractivity contribution is -0.115. The molecule has 0 bridgehead atoms. The van der Waals surface area contributed by atoms with Crippen molar-refractivity contribution in [1.82, 2.24) is 4.98 Å². The molecule has 1 heterocycles. The van der Waals surface area contributed by atoms with Crippen molar-refractivity contribution in [2.45, 2.75) is 6.42 Å². The maximum atomic E-state index is 12.8. The van der Waals surface area contributed by atoms with Crippen LogP contribution in [-0.2, 0) is 4.79 Å². The number of amides is 1. The van der Waals surface area contributed by atoms with Gasteiger partial charge >= 0.3 is 0 Å². The molecule has 1 aromatic carbocycles. The molecule has 90 valence electrons. The molecule has 0 aliphatic heterocycles. The van der Waals surface area contributed by atoms with Gasteiger partial charge in [0.1, 0.15) is 12.2 Å². The van der Waals surface area contributed by atoms with Crippen LogP contribution in [0.15, 0.2) is 29.6 Å². The lowest BCUT2D eigenvalue weighted by Crippen LogP contribution is -2.09. The highest BCUT2D eigenvalue weighted by molar-refractivity contribution is 7.14. The Kier molecular flexibility index (Phi) is 3.65. The standard InChI is InChI=1S/C12H8FN3OS/c13-9-3-1-8(2-4-9)10-7-18-12(15-10)16-11(17)5-6-14/h1-4,7H,5H2,(H,15,16,17). The number of aromatic nitrogens is 1. The van der Waals surface area contributed by atoms with Crippen LogP contribution in [0.25, 0.3) is 11.3 Å². The van der Waals surface area contributed by atoms with Gasteiger partial charge in [-0.25, -0.2) is 9.37 Å². The molecule has 2 aromatic rings. The summed E-state index contributed by atoms with van der Waals surface area (Å²) in [5.74, 6) is -0.700. The van der Waals surface area contributed by atoms with Crippen molar-refractivity contribution in [1.29, 1.82) is 5.26 Å². The van der Waals surface area contributed by atoms with Crippen molar-refractivity contribution in [2.75, 3.05) is 5.32 Å². The summed E-state index contributed by atoms with van der Waals surface area (Å²) in [6, 6.07) is 7.69. The van der Waals surface area contributed by atoms with E-state index in [2.05, 4.69) is 10.3 Å². The highest BCUT2D eigenvalue weighted by atomic mass is 32.1. The van der Waals surface area contributed by atoms with Crippen LogP contribution in [0.2, 0.25) is 0 Å². The summed E-state index contributed by atoms with van der Waals surface area (Å²) in [5, 5.41) is 13.1. The van der Waals surface area contributed by atoms with Crippen LogP contribution in [0.3, 0.4) is 0 Å². The van der Waals surface area contributed by atoms with E-state index < -0.39 is 5.91 Å². The molecule has 0 aliphatic carbocycles. The molecule has 0 radical (unpaired) electrons. The molecule has 18 heavy (non-hydrogen) atoms. The summed E-state index contributed by atoms with van der Waals surface area (Å²) in [5.41, 5.74) is 1.43. The SMILES string of the molecule is N#CCC(=O)Nc1nc(-c2ccc(F)cc2)cs1. The minimum atomic E-state index is -0.391. The van der Waals surface area contributed by atoms with Gasteiger partial charge in [0.15, 0.2) is 5.13 Å². The van der Waals surface area contributed by atoms with Crippen molar-refractivity contribution < 1.29 is 9.18 Å². The molecule has 0 aliphatic rings. The number of anilines is 1. The van der Waals surface area contributed by atoms with Crippen LogP contribution in [-0.4, -0.2) is 10.9 Å². The van der Waals surface area contributed by atoms with Gasteiger partial charge in [-0.3, -0.25) is 4.79 Å². The largest absolute Gasteiger partial charge is 0.301 e. The highest BCUT2D eigenvalue weighted by Gasteiger charge is 2.07. The van der Waals surface area contributed by atoms with Gasteiger partial charge in [-0.1, -0.05) is 0 Å². The number of rotatable bonds is 3. The molecule has 1 N–H and O–H groups in total. The lowest BCUT2D eigenvalue weighted by atomic mass is 10.2. The third-order valence-corrected chi connectivity index (χ3v) is 2.89. The van der Waals surface area contributed by atoms with Crippen LogP contribution in [0.4, 0.5) is 9.52 Å². The molecule has 4 nitrogen and oxygen atoms in total. The molecular weight excluding hydrogens is 253 g/mol. The lowest BCUT2D eigenvalue weighted by Gasteiger charge is -1.97. The van der Waals surface area contributed by atoms with E-state index in [-0.39, 0.29) is 12.2 Å². The van der Waals surface area contributed by atoms with Crippen LogP contribution < -0.4 is 5.32 Å². The fraction of sp³-hybridized carbons (Fsp3) is 0.0833.